The first-order valence-electron chi connectivity index (χ1n) is 8.94. The normalized spacial score (nSPS) is 14.6. The average Bonchev–Trinajstić information content (AvgIpc) is 3.13. The van der Waals surface area contributed by atoms with E-state index in [2.05, 4.69) is 34.5 Å². The van der Waals surface area contributed by atoms with Crippen molar-refractivity contribution >= 4 is 22.9 Å². The Morgan fingerprint density at radius 3 is 2.58 bits per heavy atom. The number of anilines is 1. The van der Waals surface area contributed by atoms with Crippen molar-refractivity contribution in [3.63, 3.8) is 0 Å². The molecule has 0 atom stereocenters. The Kier molecular flexibility index (Phi) is 6.30. The molecule has 1 fully saturated rings. The van der Waals surface area contributed by atoms with Crippen molar-refractivity contribution in [3.05, 3.63) is 52.2 Å². The summed E-state index contributed by atoms with van der Waals surface area (Å²) >= 11 is 1.64. The van der Waals surface area contributed by atoms with E-state index < -0.39 is 0 Å². The highest BCUT2D eigenvalue weighted by atomic mass is 32.1. The minimum absolute atomic E-state index is 0.123. The number of carbonyl (C=O) groups excluding carboxylic acids is 1. The number of nitrogens with zero attached hydrogens (tertiary/aromatic N) is 1. The molecule has 3 rings (SSSR count). The van der Waals surface area contributed by atoms with Gasteiger partial charge in [-0.25, -0.2) is 0 Å². The summed E-state index contributed by atoms with van der Waals surface area (Å²) in [6.45, 7) is 3.13. The summed E-state index contributed by atoms with van der Waals surface area (Å²) in [6, 6.07) is 13.0. The Balaban J connectivity index is 1.36. The quantitative estimate of drug-likeness (QED) is 0.771. The number of carbonyl (C=O) groups is 1. The SMILES string of the molecule is O=C(Cc1cccs1)NCCCc1ccc(N2CCCCC2)cc1. The van der Waals surface area contributed by atoms with E-state index in [1.807, 2.05) is 17.5 Å². The first-order valence-corrected chi connectivity index (χ1v) is 9.82. The molecule has 1 aromatic carbocycles. The maximum absolute atomic E-state index is 11.8. The maximum atomic E-state index is 11.8. The van der Waals surface area contributed by atoms with Gasteiger partial charge in [0.15, 0.2) is 0 Å². The molecule has 0 saturated carbocycles. The number of piperidine rings is 1. The van der Waals surface area contributed by atoms with Gasteiger partial charge < -0.3 is 10.2 Å². The van der Waals surface area contributed by atoms with Gasteiger partial charge in [0.2, 0.25) is 5.91 Å². The van der Waals surface area contributed by atoms with Crippen molar-refractivity contribution < 1.29 is 4.79 Å². The summed E-state index contributed by atoms with van der Waals surface area (Å²) in [5.41, 5.74) is 2.70. The lowest BCUT2D eigenvalue weighted by atomic mass is 10.1. The van der Waals surface area contributed by atoms with Crippen LogP contribution in [0.5, 0.6) is 0 Å². The van der Waals surface area contributed by atoms with Gasteiger partial charge in [0.25, 0.3) is 0 Å². The molecule has 1 aliphatic rings. The summed E-state index contributed by atoms with van der Waals surface area (Å²) in [5.74, 6) is 0.123. The molecule has 4 heteroatoms. The molecular weight excluding hydrogens is 316 g/mol. The topological polar surface area (TPSA) is 32.3 Å². The second kappa shape index (κ2) is 8.88. The van der Waals surface area contributed by atoms with Crippen LogP contribution in [0.1, 0.15) is 36.1 Å². The fourth-order valence-electron chi connectivity index (χ4n) is 3.18. The van der Waals surface area contributed by atoms with Crippen LogP contribution in [0.3, 0.4) is 0 Å². The van der Waals surface area contributed by atoms with Gasteiger partial charge in [-0.1, -0.05) is 18.2 Å². The van der Waals surface area contributed by atoms with Crippen molar-refractivity contribution in [1.82, 2.24) is 5.32 Å². The van der Waals surface area contributed by atoms with Gasteiger partial charge in [-0.05, 0) is 61.2 Å². The summed E-state index contributed by atoms with van der Waals surface area (Å²) in [5, 5.41) is 5.02. The standard InChI is InChI=1S/C20H26N2OS/c23-20(16-19-7-5-15-24-19)21-12-4-6-17-8-10-18(11-9-17)22-13-2-1-3-14-22/h5,7-11,15H,1-4,6,12-14,16H2,(H,21,23). The number of amides is 1. The highest BCUT2D eigenvalue weighted by Crippen LogP contribution is 2.20. The molecule has 24 heavy (non-hydrogen) atoms. The molecule has 2 heterocycles. The molecule has 0 spiro atoms. The Morgan fingerprint density at radius 2 is 1.88 bits per heavy atom. The fraction of sp³-hybridized carbons (Fsp3) is 0.450. The number of hydrogen-bond acceptors (Lipinski definition) is 3. The van der Waals surface area contributed by atoms with Gasteiger partial charge in [-0.2, -0.15) is 0 Å². The van der Waals surface area contributed by atoms with E-state index in [0.717, 1.165) is 24.3 Å². The van der Waals surface area contributed by atoms with Gasteiger partial charge in [0.05, 0.1) is 6.42 Å². The fourth-order valence-corrected chi connectivity index (χ4v) is 3.88. The Morgan fingerprint density at radius 1 is 1.08 bits per heavy atom. The Hall–Kier alpha value is -1.81. The number of nitrogens with one attached hydrogen (secondary N) is 1. The van der Waals surface area contributed by atoms with E-state index in [1.54, 1.807) is 11.3 Å². The van der Waals surface area contributed by atoms with Gasteiger partial charge in [0.1, 0.15) is 0 Å². The number of thiophene rings is 1. The third-order valence-electron chi connectivity index (χ3n) is 4.54. The zero-order valence-electron chi connectivity index (χ0n) is 14.2. The molecule has 3 nitrogen and oxygen atoms in total. The first-order chi connectivity index (χ1) is 11.8. The van der Waals surface area contributed by atoms with Crippen molar-refractivity contribution in [1.29, 1.82) is 0 Å². The molecule has 128 valence electrons. The molecule has 0 radical (unpaired) electrons. The van der Waals surface area contributed by atoms with E-state index in [1.165, 1.54) is 43.6 Å². The first kappa shape index (κ1) is 17.0. The molecule has 1 saturated heterocycles. The Bertz CT molecular complexity index is 616. The monoisotopic (exact) mass is 342 g/mol. The van der Waals surface area contributed by atoms with Crippen LogP contribution in [-0.4, -0.2) is 25.5 Å². The molecule has 2 aromatic rings. The van der Waals surface area contributed by atoms with Crippen LogP contribution in [0.2, 0.25) is 0 Å². The predicted octanol–water partition coefficient (Wildman–Crippen LogP) is 4.03. The molecule has 0 unspecified atom stereocenters. The number of rotatable bonds is 7. The molecular formula is C20H26N2OS. The molecule has 0 bridgehead atoms. The van der Waals surface area contributed by atoms with E-state index in [4.69, 9.17) is 0 Å². The highest BCUT2D eigenvalue weighted by molar-refractivity contribution is 7.10. The van der Waals surface area contributed by atoms with Crippen LogP contribution < -0.4 is 10.2 Å². The zero-order valence-corrected chi connectivity index (χ0v) is 15.0. The van der Waals surface area contributed by atoms with Crippen molar-refractivity contribution in [2.75, 3.05) is 24.5 Å². The smallest absolute Gasteiger partial charge is 0.225 e. The van der Waals surface area contributed by atoms with Gasteiger partial charge >= 0.3 is 0 Å². The third-order valence-corrected chi connectivity index (χ3v) is 5.41. The predicted molar refractivity (Wildman–Crippen MR) is 102 cm³/mol. The molecule has 1 amide bonds. The molecule has 1 N–H and O–H groups in total. The van der Waals surface area contributed by atoms with E-state index in [-0.39, 0.29) is 5.91 Å². The van der Waals surface area contributed by atoms with E-state index >= 15 is 0 Å². The molecule has 1 aromatic heterocycles. The summed E-state index contributed by atoms with van der Waals surface area (Å²) in [7, 11) is 0. The van der Waals surface area contributed by atoms with Crippen molar-refractivity contribution in [2.45, 2.75) is 38.5 Å². The van der Waals surface area contributed by atoms with Crippen LogP contribution in [-0.2, 0) is 17.6 Å². The second-order valence-electron chi connectivity index (χ2n) is 6.42. The van der Waals surface area contributed by atoms with Crippen molar-refractivity contribution in [3.8, 4) is 0 Å². The van der Waals surface area contributed by atoms with Gasteiger partial charge in [-0.3, -0.25) is 4.79 Å². The molecule has 1 aliphatic heterocycles. The van der Waals surface area contributed by atoms with Crippen LogP contribution in [0.25, 0.3) is 0 Å². The van der Waals surface area contributed by atoms with Crippen LogP contribution in [0.15, 0.2) is 41.8 Å². The summed E-state index contributed by atoms with van der Waals surface area (Å²) in [6.07, 6.45) is 6.49. The minimum Gasteiger partial charge on any atom is -0.372 e. The van der Waals surface area contributed by atoms with Crippen LogP contribution >= 0.6 is 11.3 Å². The Labute approximate surface area is 148 Å². The minimum atomic E-state index is 0.123. The average molecular weight is 343 g/mol. The summed E-state index contributed by atoms with van der Waals surface area (Å²) < 4.78 is 0. The lowest BCUT2D eigenvalue weighted by molar-refractivity contribution is -0.120. The van der Waals surface area contributed by atoms with Gasteiger partial charge in [0, 0.05) is 30.2 Å². The van der Waals surface area contributed by atoms with Crippen LogP contribution in [0.4, 0.5) is 5.69 Å². The number of aryl methyl sites for hydroxylation is 1. The van der Waals surface area contributed by atoms with E-state index in [0.29, 0.717) is 6.42 Å². The van der Waals surface area contributed by atoms with Crippen LogP contribution in [0, 0.1) is 0 Å². The van der Waals surface area contributed by atoms with Gasteiger partial charge in [-0.15, -0.1) is 11.3 Å². The zero-order chi connectivity index (χ0) is 16.6. The lowest BCUT2D eigenvalue weighted by Crippen LogP contribution is -2.29. The van der Waals surface area contributed by atoms with E-state index in [9.17, 15) is 4.79 Å². The number of hydrogen-bond donors (Lipinski definition) is 1. The maximum Gasteiger partial charge on any atom is 0.225 e. The number of benzene rings is 1. The summed E-state index contributed by atoms with van der Waals surface area (Å²) in [4.78, 5) is 15.4. The highest BCUT2D eigenvalue weighted by Gasteiger charge is 2.10. The van der Waals surface area contributed by atoms with Crippen molar-refractivity contribution in [2.24, 2.45) is 0 Å². The third kappa shape index (κ3) is 5.10. The lowest BCUT2D eigenvalue weighted by Gasteiger charge is -2.28. The largest absolute Gasteiger partial charge is 0.372 e. The molecule has 0 aliphatic carbocycles. The second-order valence-corrected chi connectivity index (χ2v) is 7.46.